The summed E-state index contributed by atoms with van der Waals surface area (Å²) in [5.41, 5.74) is 4.39. The number of nitrogens with one attached hydrogen (secondary N) is 1. The number of hydrogen-bond donors (Lipinski definition) is 1. The van der Waals surface area contributed by atoms with Crippen LogP contribution in [0.1, 0.15) is 30.4 Å². The molecule has 0 unspecified atom stereocenters. The zero-order valence-corrected chi connectivity index (χ0v) is 19.3. The second-order valence-electron chi connectivity index (χ2n) is 8.26. The summed E-state index contributed by atoms with van der Waals surface area (Å²) in [6.45, 7) is 7.33. The summed E-state index contributed by atoms with van der Waals surface area (Å²) in [7, 11) is 0. The minimum atomic E-state index is -0.421. The molecule has 0 atom stereocenters. The number of piperidine rings is 1. The van der Waals surface area contributed by atoms with Gasteiger partial charge in [0.05, 0.1) is 16.4 Å². The van der Waals surface area contributed by atoms with Crippen molar-refractivity contribution in [3.63, 3.8) is 0 Å². The maximum Gasteiger partial charge on any atom is 0.227 e. The van der Waals surface area contributed by atoms with Crippen molar-refractivity contribution in [1.29, 1.82) is 0 Å². The number of carbonyl (C=O) groups is 1. The number of ketones is 1. The van der Waals surface area contributed by atoms with Crippen LogP contribution in [0.3, 0.4) is 0 Å². The van der Waals surface area contributed by atoms with Gasteiger partial charge in [-0.3, -0.25) is 4.79 Å². The number of aromatic nitrogens is 2. The minimum Gasteiger partial charge on any atom is -0.370 e. The molecule has 2 aromatic carbocycles. The molecule has 1 saturated heterocycles. The molecule has 170 valence electrons. The molecule has 3 aromatic rings. The van der Waals surface area contributed by atoms with E-state index in [9.17, 15) is 9.18 Å². The molecule has 0 bridgehead atoms. The number of halogens is 2. The van der Waals surface area contributed by atoms with Gasteiger partial charge < -0.3 is 10.2 Å². The number of allylic oxidation sites excluding steroid dienone is 1. The van der Waals surface area contributed by atoms with E-state index in [0.717, 1.165) is 42.9 Å². The molecule has 0 radical (unpaired) electrons. The number of nitrogens with zero attached hydrogens (tertiary/aromatic N) is 3. The van der Waals surface area contributed by atoms with E-state index in [2.05, 4.69) is 26.8 Å². The first-order chi connectivity index (χ1) is 15.9. The number of aryl methyl sites for hydroxylation is 1. The SMILES string of the molecule is C=CC(=O)Cc1cc(F)cc(-c2nc(Nc3ccc(Cl)c(N4CCCCC4)c3)ncc2C)c1. The fraction of sp³-hybridized carbons (Fsp3) is 0.269. The molecule has 4 rings (SSSR count). The fourth-order valence-corrected chi connectivity index (χ4v) is 4.29. The minimum absolute atomic E-state index is 0.0908. The normalized spacial score (nSPS) is 13.6. The van der Waals surface area contributed by atoms with Crippen molar-refractivity contribution in [3.05, 3.63) is 77.2 Å². The first-order valence-corrected chi connectivity index (χ1v) is 11.4. The number of carbonyl (C=O) groups excluding carboxylic acids is 1. The Morgan fingerprint density at radius 3 is 2.76 bits per heavy atom. The Morgan fingerprint density at radius 1 is 1.21 bits per heavy atom. The topological polar surface area (TPSA) is 58.1 Å². The highest BCUT2D eigenvalue weighted by Gasteiger charge is 2.15. The van der Waals surface area contributed by atoms with Gasteiger partial charge in [0, 0.05) is 37.0 Å². The molecule has 0 aliphatic carbocycles. The highest BCUT2D eigenvalue weighted by molar-refractivity contribution is 6.33. The second kappa shape index (κ2) is 10.1. The molecule has 1 fully saturated rings. The van der Waals surface area contributed by atoms with Crippen LogP contribution in [0.15, 0.2) is 55.3 Å². The van der Waals surface area contributed by atoms with E-state index in [0.29, 0.717) is 27.8 Å². The van der Waals surface area contributed by atoms with Crippen molar-refractivity contribution >= 4 is 34.7 Å². The predicted molar refractivity (Wildman–Crippen MR) is 132 cm³/mol. The maximum absolute atomic E-state index is 14.3. The van der Waals surface area contributed by atoms with E-state index in [1.54, 1.807) is 12.3 Å². The van der Waals surface area contributed by atoms with Gasteiger partial charge in [-0.05, 0) is 79.8 Å². The summed E-state index contributed by atoms with van der Waals surface area (Å²) < 4.78 is 14.3. The Hall–Kier alpha value is -3.25. The van der Waals surface area contributed by atoms with Crippen LogP contribution in [0.2, 0.25) is 5.02 Å². The molecule has 2 heterocycles. The van der Waals surface area contributed by atoms with Gasteiger partial charge in [-0.15, -0.1) is 0 Å². The van der Waals surface area contributed by atoms with Crippen LogP contribution in [-0.4, -0.2) is 28.8 Å². The zero-order chi connectivity index (χ0) is 23.4. The summed E-state index contributed by atoms with van der Waals surface area (Å²) in [6, 6.07) is 10.3. The van der Waals surface area contributed by atoms with Crippen LogP contribution < -0.4 is 10.2 Å². The highest BCUT2D eigenvalue weighted by Crippen LogP contribution is 2.32. The van der Waals surface area contributed by atoms with Gasteiger partial charge >= 0.3 is 0 Å². The van der Waals surface area contributed by atoms with Crippen LogP contribution in [0.5, 0.6) is 0 Å². The molecule has 7 heteroatoms. The molecule has 1 N–H and O–H groups in total. The van der Waals surface area contributed by atoms with Crippen LogP contribution >= 0.6 is 11.6 Å². The zero-order valence-electron chi connectivity index (χ0n) is 18.6. The van der Waals surface area contributed by atoms with Gasteiger partial charge in [0.1, 0.15) is 5.82 Å². The standard InChI is InChI=1S/C26H26ClFN4O/c1-3-22(33)13-18-11-19(14-20(28)12-18)25-17(2)16-29-26(31-25)30-21-7-8-23(27)24(15-21)32-9-5-4-6-10-32/h3,7-8,11-12,14-16H,1,4-6,9-10,13H2,2H3,(H,29,30,31). The summed E-state index contributed by atoms with van der Waals surface area (Å²) in [4.78, 5) is 23.1. The molecule has 0 saturated carbocycles. The Labute approximate surface area is 198 Å². The largest absolute Gasteiger partial charge is 0.370 e. The van der Waals surface area contributed by atoms with Crippen molar-refractivity contribution in [2.45, 2.75) is 32.6 Å². The van der Waals surface area contributed by atoms with Gasteiger partial charge in [-0.25, -0.2) is 14.4 Å². The molecule has 1 aromatic heterocycles. The van der Waals surface area contributed by atoms with Crippen LogP contribution in [0.4, 0.5) is 21.7 Å². The van der Waals surface area contributed by atoms with Crippen molar-refractivity contribution in [2.24, 2.45) is 0 Å². The average Bonchev–Trinajstić information content (AvgIpc) is 2.81. The van der Waals surface area contributed by atoms with Gasteiger partial charge in [0.2, 0.25) is 5.95 Å². The van der Waals surface area contributed by atoms with Gasteiger partial charge in [-0.2, -0.15) is 0 Å². The second-order valence-corrected chi connectivity index (χ2v) is 8.67. The lowest BCUT2D eigenvalue weighted by Gasteiger charge is -2.30. The molecule has 1 aliphatic heterocycles. The molecular formula is C26H26ClFN4O. The third-order valence-electron chi connectivity index (χ3n) is 5.71. The van der Waals surface area contributed by atoms with E-state index >= 15 is 0 Å². The predicted octanol–water partition coefficient (Wildman–Crippen LogP) is 6.28. The first kappa shape index (κ1) is 22.9. The van der Waals surface area contributed by atoms with Gasteiger partial charge in [0.25, 0.3) is 0 Å². The summed E-state index contributed by atoms with van der Waals surface area (Å²) in [6.07, 6.45) is 6.60. The lowest BCUT2D eigenvalue weighted by Crippen LogP contribution is -2.29. The van der Waals surface area contributed by atoms with E-state index in [4.69, 9.17) is 11.6 Å². The van der Waals surface area contributed by atoms with Crippen molar-refractivity contribution in [3.8, 4) is 11.3 Å². The third-order valence-corrected chi connectivity index (χ3v) is 6.03. The van der Waals surface area contributed by atoms with Crippen LogP contribution in [0, 0.1) is 12.7 Å². The van der Waals surface area contributed by atoms with E-state index < -0.39 is 5.82 Å². The number of hydrogen-bond acceptors (Lipinski definition) is 5. The molecule has 5 nitrogen and oxygen atoms in total. The number of anilines is 3. The molecule has 33 heavy (non-hydrogen) atoms. The van der Waals surface area contributed by atoms with Crippen LogP contribution in [0.25, 0.3) is 11.3 Å². The average molecular weight is 465 g/mol. The Kier molecular flexibility index (Phi) is 7.04. The highest BCUT2D eigenvalue weighted by atomic mass is 35.5. The summed E-state index contributed by atoms with van der Waals surface area (Å²) >= 11 is 6.47. The maximum atomic E-state index is 14.3. The van der Waals surface area contributed by atoms with E-state index in [1.165, 1.54) is 24.6 Å². The molecular weight excluding hydrogens is 439 g/mol. The molecule has 0 spiro atoms. The number of rotatable bonds is 7. The smallest absolute Gasteiger partial charge is 0.227 e. The Balaban J connectivity index is 1.62. The summed E-state index contributed by atoms with van der Waals surface area (Å²) in [5, 5.41) is 3.97. The lowest BCUT2D eigenvalue weighted by atomic mass is 10.0. The van der Waals surface area contributed by atoms with Gasteiger partial charge in [-0.1, -0.05) is 18.2 Å². The monoisotopic (exact) mass is 464 g/mol. The molecule has 1 aliphatic rings. The van der Waals surface area contributed by atoms with Crippen molar-refractivity contribution in [2.75, 3.05) is 23.3 Å². The third kappa shape index (κ3) is 5.57. The fourth-order valence-electron chi connectivity index (χ4n) is 4.05. The first-order valence-electron chi connectivity index (χ1n) is 11.0. The Bertz CT molecular complexity index is 1190. The van der Waals surface area contributed by atoms with E-state index in [-0.39, 0.29) is 12.2 Å². The van der Waals surface area contributed by atoms with E-state index in [1.807, 2.05) is 25.1 Å². The summed E-state index contributed by atoms with van der Waals surface area (Å²) in [5.74, 6) is -0.188. The Morgan fingerprint density at radius 2 is 2.00 bits per heavy atom. The lowest BCUT2D eigenvalue weighted by molar-refractivity contribution is -0.114. The molecule has 0 amide bonds. The quantitative estimate of drug-likeness (QED) is 0.417. The van der Waals surface area contributed by atoms with Crippen LogP contribution in [-0.2, 0) is 11.2 Å². The van der Waals surface area contributed by atoms with Crippen molar-refractivity contribution in [1.82, 2.24) is 9.97 Å². The van der Waals surface area contributed by atoms with Gasteiger partial charge in [0.15, 0.2) is 5.78 Å². The van der Waals surface area contributed by atoms with Crippen molar-refractivity contribution < 1.29 is 9.18 Å². The number of benzene rings is 2.